The van der Waals surface area contributed by atoms with Crippen LogP contribution in [0.5, 0.6) is 0 Å². The predicted octanol–water partition coefficient (Wildman–Crippen LogP) is 7.34. The molecule has 2 unspecified atom stereocenters. The highest BCUT2D eigenvalue weighted by Gasteiger charge is 2.58. The summed E-state index contributed by atoms with van der Waals surface area (Å²) in [6, 6.07) is 11.6. The van der Waals surface area contributed by atoms with Gasteiger partial charge in [0.05, 0.1) is 29.6 Å². The topological polar surface area (TPSA) is 219 Å². The molecule has 4 rings (SSSR count). The summed E-state index contributed by atoms with van der Waals surface area (Å²) >= 11 is 0. The van der Waals surface area contributed by atoms with Crippen LogP contribution < -0.4 is 16.4 Å². The van der Waals surface area contributed by atoms with Crippen molar-refractivity contribution in [2.75, 3.05) is 20.1 Å². The third kappa shape index (κ3) is 15.2. The molecular formula is C48H67F2N4O12P. The second-order valence-electron chi connectivity index (χ2n) is 19.2. The normalized spacial score (nSPS) is 18.8. The van der Waals surface area contributed by atoms with Crippen molar-refractivity contribution in [3.8, 4) is 0 Å². The van der Waals surface area contributed by atoms with Gasteiger partial charge in [0.15, 0.2) is 0 Å². The smallest absolute Gasteiger partial charge is 0.410 e. The average molecular weight is 961 g/mol. The summed E-state index contributed by atoms with van der Waals surface area (Å²) in [5.41, 5.74) is -0.168. The van der Waals surface area contributed by atoms with Crippen LogP contribution in [-0.4, -0.2) is 84.8 Å². The lowest BCUT2D eigenvalue weighted by Crippen LogP contribution is -2.57. The summed E-state index contributed by atoms with van der Waals surface area (Å²) in [4.78, 5) is 79.7. The van der Waals surface area contributed by atoms with Crippen molar-refractivity contribution in [1.82, 2.24) is 15.5 Å². The molecule has 4 amide bonds. The Balaban J connectivity index is 1.47. The van der Waals surface area contributed by atoms with Gasteiger partial charge < -0.3 is 35.5 Å². The molecule has 0 aromatic heterocycles. The molecule has 1 aliphatic carbocycles. The Morgan fingerprint density at radius 3 is 2.00 bits per heavy atom. The van der Waals surface area contributed by atoms with E-state index < -0.39 is 97.1 Å². The first-order valence-corrected chi connectivity index (χ1v) is 24.1. The van der Waals surface area contributed by atoms with E-state index in [0.717, 1.165) is 30.5 Å². The van der Waals surface area contributed by atoms with E-state index >= 15 is 8.78 Å². The summed E-state index contributed by atoms with van der Waals surface area (Å²) < 4.78 is 71.8. The van der Waals surface area contributed by atoms with Crippen molar-refractivity contribution < 1.29 is 65.4 Å². The first-order valence-electron chi connectivity index (χ1n) is 22.5. The van der Waals surface area contributed by atoms with Gasteiger partial charge in [-0.15, -0.1) is 0 Å². The van der Waals surface area contributed by atoms with Gasteiger partial charge in [0.1, 0.15) is 12.1 Å². The maximum atomic E-state index is 16.1. The Bertz CT molecular complexity index is 2110. The fourth-order valence-corrected chi connectivity index (χ4v) is 8.57. The quantitative estimate of drug-likeness (QED) is 0.0408. The summed E-state index contributed by atoms with van der Waals surface area (Å²) in [7, 11) is -5.56. The number of carbonyl (C=O) groups is 6. The third-order valence-electron chi connectivity index (χ3n) is 11.5. The largest absolute Gasteiger partial charge is 0.438 e. The number of esters is 2. The number of piperidine rings is 1. The fourth-order valence-electron chi connectivity index (χ4n) is 7.32. The number of benzene rings is 2. The number of nitrogens with one attached hydrogen (secondary N) is 2. The van der Waals surface area contributed by atoms with Gasteiger partial charge in [-0.25, -0.2) is 0 Å². The molecule has 2 aromatic carbocycles. The van der Waals surface area contributed by atoms with Gasteiger partial charge in [0, 0.05) is 24.6 Å². The number of halogens is 2. The maximum absolute atomic E-state index is 16.1. The fraction of sp³-hybridized carbons (Fsp3) is 0.583. The van der Waals surface area contributed by atoms with Crippen molar-refractivity contribution in [3.05, 3.63) is 77.4 Å². The van der Waals surface area contributed by atoms with Gasteiger partial charge in [-0.2, -0.15) is 8.78 Å². The number of hydrogen-bond acceptors (Lipinski definition) is 12. The van der Waals surface area contributed by atoms with E-state index in [1.54, 1.807) is 13.8 Å². The molecule has 16 nitrogen and oxygen atoms in total. The lowest BCUT2D eigenvalue weighted by Gasteiger charge is -2.33. The number of ether oxygens (including phenoxy) is 3. The number of hydrogen-bond donors (Lipinski definition) is 3. The molecule has 4 N–H and O–H groups in total. The number of likely N-dealkylation sites (tertiary alicyclic amines) is 1. The van der Waals surface area contributed by atoms with Crippen molar-refractivity contribution in [2.45, 2.75) is 137 Å². The predicted molar refractivity (Wildman–Crippen MR) is 244 cm³/mol. The Labute approximate surface area is 391 Å². The maximum Gasteiger partial charge on any atom is 0.410 e. The average Bonchev–Trinajstić information content (AvgIpc) is 3.92. The van der Waals surface area contributed by atoms with Crippen LogP contribution in [0.25, 0.3) is 5.57 Å². The molecule has 1 heterocycles. The molecule has 2 fully saturated rings. The number of alkyl halides is 2. The lowest BCUT2D eigenvalue weighted by atomic mass is 9.98. The lowest BCUT2D eigenvalue weighted by molar-refractivity contribution is -0.163. The molecular weight excluding hydrogens is 894 g/mol. The van der Waals surface area contributed by atoms with Gasteiger partial charge >= 0.3 is 25.2 Å². The van der Waals surface area contributed by atoms with Crippen LogP contribution in [0.2, 0.25) is 0 Å². The van der Waals surface area contributed by atoms with Crippen molar-refractivity contribution >= 4 is 48.7 Å². The van der Waals surface area contributed by atoms with E-state index in [0.29, 0.717) is 30.5 Å². The van der Waals surface area contributed by atoms with Crippen LogP contribution in [0, 0.1) is 22.7 Å². The number of nitrogens with two attached hydrogens (primary N) is 1. The van der Waals surface area contributed by atoms with Crippen molar-refractivity contribution in [2.24, 2.45) is 28.4 Å². The third-order valence-corrected chi connectivity index (χ3v) is 13.4. The second-order valence-corrected chi connectivity index (χ2v) is 21.3. The number of rotatable bonds is 24. The monoisotopic (exact) mass is 960 g/mol. The van der Waals surface area contributed by atoms with E-state index in [2.05, 4.69) is 10.6 Å². The zero-order valence-electron chi connectivity index (χ0n) is 39.9. The minimum atomic E-state index is -5.56. The molecule has 1 aliphatic heterocycles. The first kappa shape index (κ1) is 54.6. The minimum Gasteiger partial charge on any atom is -0.438 e. The molecule has 19 heteroatoms. The van der Waals surface area contributed by atoms with Crippen LogP contribution in [0.4, 0.5) is 8.78 Å². The van der Waals surface area contributed by atoms with E-state index in [9.17, 15) is 33.3 Å². The SMILES string of the molecule is CCCC[C@H](NC(=O)/C=C(\C)c1ccc(C(F)(F)P(=O)(OCOC(=O)C(C)(C)C)OCOC(=O)C(C)(C)C)cc1)C(=O)N1C[C@H]2C[C@H]2C1C(=O)NC(CCC(N)=O)[C@@H](C)OCc1ccccc1. The molecule has 2 aromatic rings. The summed E-state index contributed by atoms with van der Waals surface area (Å²) in [5, 5.41) is 5.84. The highest BCUT2D eigenvalue weighted by atomic mass is 31.2. The Hall–Kier alpha value is -5.03. The highest BCUT2D eigenvalue weighted by molar-refractivity contribution is 7.54. The van der Waals surface area contributed by atoms with Gasteiger partial charge in [0.25, 0.3) is 0 Å². The molecule has 1 saturated carbocycles. The van der Waals surface area contributed by atoms with E-state index in [-0.39, 0.29) is 37.2 Å². The summed E-state index contributed by atoms with van der Waals surface area (Å²) in [5.74, 6) is -3.54. The number of amides is 4. The molecule has 0 bridgehead atoms. The molecule has 370 valence electrons. The van der Waals surface area contributed by atoms with Crippen molar-refractivity contribution in [3.63, 3.8) is 0 Å². The molecule has 0 radical (unpaired) electrons. The van der Waals surface area contributed by atoms with Crippen LogP contribution in [0.1, 0.15) is 118 Å². The molecule has 6 atom stereocenters. The minimum absolute atomic E-state index is 0.0137. The number of unbranched alkanes of at least 4 members (excludes halogenated alkanes) is 1. The van der Waals surface area contributed by atoms with Crippen LogP contribution >= 0.6 is 7.60 Å². The molecule has 1 saturated heterocycles. The highest BCUT2D eigenvalue weighted by Crippen LogP contribution is 2.67. The van der Waals surface area contributed by atoms with Crippen molar-refractivity contribution in [1.29, 1.82) is 0 Å². The zero-order chi connectivity index (χ0) is 49.9. The van der Waals surface area contributed by atoms with Gasteiger partial charge in [-0.1, -0.05) is 74.4 Å². The number of fused-ring (bicyclic) bond motifs is 1. The number of primary amides is 1. The Morgan fingerprint density at radius 1 is 0.881 bits per heavy atom. The molecule has 67 heavy (non-hydrogen) atoms. The van der Waals surface area contributed by atoms with Crippen LogP contribution in [0.3, 0.4) is 0 Å². The van der Waals surface area contributed by atoms with Gasteiger partial charge in [-0.3, -0.25) is 42.4 Å². The standard InChI is InChI=1S/C48H67F2N4O12P/c1-10-11-17-38(43(58)54-26-34-25-36(34)41(54)42(57)53-37(22-23-39(51)55)31(3)62-27-32-15-13-12-14-16-32)52-40(56)24-30(2)33-18-20-35(21-19-33)48(49,50)67(61,65-28-63-44(59)46(4,5)6)66-29-64-45(60)47(7,8)9/h12-16,18-21,24,31,34,36-38,41H,10-11,17,22-23,25-29H2,1-9H3,(H2,51,55)(H,52,56)(H,53,57)/b30-24+/t31-,34-,36-,37?,38+,41?/m1/s1. The summed E-state index contributed by atoms with van der Waals surface area (Å²) in [6.45, 7) is 12.7. The number of allylic oxidation sites excluding steroid dienone is 1. The van der Waals surface area contributed by atoms with Gasteiger partial charge in [0.2, 0.25) is 37.2 Å². The molecule has 2 aliphatic rings. The molecule has 0 spiro atoms. The second kappa shape index (κ2) is 23.3. The van der Waals surface area contributed by atoms with Crippen LogP contribution in [-0.2, 0) is 68.9 Å². The Kier molecular flexibility index (Phi) is 19.0. The van der Waals surface area contributed by atoms with E-state index in [1.807, 2.05) is 37.3 Å². The Morgan fingerprint density at radius 2 is 1.46 bits per heavy atom. The summed E-state index contributed by atoms with van der Waals surface area (Å²) in [6.07, 6.45) is 3.33. The van der Waals surface area contributed by atoms with Gasteiger partial charge in [-0.05, 0) is 103 Å². The zero-order valence-corrected chi connectivity index (χ0v) is 40.8. The van der Waals surface area contributed by atoms with E-state index in [1.165, 1.54) is 64.7 Å². The van der Waals surface area contributed by atoms with Crippen LogP contribution in [0.15, 0.2) is 60.7 Å². The number of nitrogens with zero attached hydrogens (tertiary/aromatic N) is 1. The number of carbonyl (C=O) groups excluding carboxylic acids is 6. The first-order chi connectivity index (χ1) is 31.3. The van der Waals surface area contributed by atoms with E-state index in [4.69, 9.17) is 29.0 Å².